The zero-order chi connectivity index (χ0) is 39.8. The Morgan fingerprint density at radius 1 is 0.383 bits per heavy atom. The van der Waals surface area contributed by atoms with Gasteiger partial charge in [0, 0.05) is 42.0 Å². The minimum absolute atomic E-state index is 0.471. The van der Waals surface area contributed by atoms with Gasteiger partial charge in [-0.1, -0.05) is 206 Å². The van der Waals surface area contributed by atoms with Crippen LogP contribution in [0.1, 0.15) is 22.3 Å². The maximum atomic E-state index is 15.1. The van der Waals surface area contributed by atoms with Crippen LogP contribution in [0.4, 0.5) is 0 Å². The van der Waals surface area contributed by atoms with Gasteiger partial charge in [-0.15, -0.1) is 0 Å². The summed E-state index contributed by atoms with van der Waals surface area (Å²) in [4.78, 5) is 8.03. The Labute approximate surface area is 353 Å². The van der Waals surface area contributed by atoms with E-state index in [1.807, 2.05) is 84.6 Å². The second-order valence-corrected chi connectivity index (χ2v) is 19.6. The first-order valence-corrected chi connectivity index (χ1v) is 22.9. The molecule has 2 aliphatic rings. The smallest absolute Gasteiger partial charge is 0.171 e. The van der Waals surface area contributed by atoms with Gasteiger partial charge in [0.1, 0.15) is 0 Å². The highest BCUT2D eigenvalue weighted by atomic mass is 32.2. The van der Waals surface area contributed by atoms with Crippen LogP contribution >= 0.6 is 18.9 Å². The highest BCUT2D eigenvalue weighted by Gasteiger charge is 2.50. The number of nitrogens with zero attached hydrogens (tertiary/aromatic N) is 1. The summed E-state index contributed by atoms with van der Waals surface area (Å²) in [6, 6.07) is 77.2. The molecule has 12 rings (SSSR count). The normalized spacial score (nSPS) is 13.5. The summed E-state index contributed by atoms with van der Waals surface area (Å²) < 4.78 is 15.1. The maximum absolute atomic E-state index is 15.1. The van der Waals surface area contributed by atoms with E-state index < -0.39 is 12.6 Å². The van der Waals surface area contributed by atoms with Crippen LogP contribution in [-0.4, -0.2) is 4.98 Å². The Hall–Kier alpha value is -6.77. The lowest BCUT2D eigenvalue weighted by atomic mass is 9.67. The van der Waals surface area contributed by atoms with Crippen LogP contribution < -0.4 is 15.9 Å². The minimum atomic E-state index is -3.09. The van der Waals surface area contributed by atoms with Gasteiger partial charge in [-0.2, -0.15) is 0 Å². The number of pyridine rings is 1. The molecule has 10 aromatic rings. The predicted molar refractivity (Wildman–Crippen MR) is 251 cm³/mol. The summed E-state index contributed by atoms with van der Waals surface area (Å²) in [7, 11) is -3.09. The van der Waals surface area contributed by atoms with Gasteiger partial charge in [-0.25, -0.2) is 4.98 Å². The first kappa shape index (κ1) is 35.2. The van der Waals surface area contributed by atoms with Crippen molar-refractivity contribution in [1.29, 1.82) is 0 Å². The van der Waals surface area contributed by atoms with Gasteiger partial charge in [0.15, 0.2) is 7.14 Å². The van der Waals surface area contributed by atoms with E-state index in [-0.39, 0.29) is 0 Å². The van der Waals surface area contributed by atoms with E-state index in [0.29, 0.717) is 0 Å². The van der Waals surface area contributed by atoms with Crippen molar-refractivity contribution < 1.29 is 4.57 Å². The molecule has 0 saturated carbocycles. The first-order chi connectivity index (χ1) is 29.6. The van der Waals surface area contributed by atoms with Crippen molar-refractivity contribution in [2.45, 2.75) is 15.2 Å². The molecule has 0 unspecified atom stereocenters. The zero-order valence-electron chi connectivity index (χ0n) is 32.5. The Morgan fingerprint density at radius 2 is 0.917 bits per heavy atom. The van der Waals surface area contributed by atoms with Crippen LogP contribution in [-0.2, 0) is 9.98 Å². The second-order valence-electron chi connectivity index (χ2n) is 15.7. The van der Waals surface area contributed by atoms with Crippen LogP contribution in [0.3, 0.4) is 0 Å². The Morgan fingerprint density at radius 3 is 1.57 bits per heavy atom. The lowest BCUT2D eigenvalue weighted by Crippen LogP contribution is -2.32. The Bertz CT molecular complexity index is 3280. The average Bonchev–Trinajstić information content (AvgIpc) is 3.62. The number of fused-ring (bicyclic) bond motifs is 12. The van der Waals surface area contributed by atoms with Crippen molar-refractivity contribution in [2.24, 2.45) is 0 Å². The molecule has 0 fully saturated rings. The lowest BCUT2D eigenvalue weighted by molar-refractivity contribution is 0.592. The fraction of sp³-hybridized carbons (Fsp3) is 0.0179. The van der Waals surface area contributed by atoms with Gasteiger partial charge in [-0.05, 0) is 74.2 Å². The number of aromatic nitrogens is 1. The van der Waals surface area contributed by atoms with Crippen molar-refractivity contribution in [3.8, 4) is 33.5 Å². The second kappa shape index (κ2) is 13.6. The quantitative estimate of drug-likeness (QED) is 0.128. The van der Waals surface area contributed by atoms with Crippen molar-refractivity contribution >= 4 is 56.5 Å². The lowest BCUT2D eigenvalue weighted by Gasteiger charge is -2.40. The number of rotatable bonds is 5. The molecule has 1 aliphatic carbocycles. The number of benzene rings is 9. The minimum Gasteiger partial charge on any atom is -0.309 e. The van der Waals surface area contributed by atoms with E-state index in [1.165, 1.54) is 48.6 Å². The zero-order valence-corrected chi connectivity index (χ0v) is 34.2. The molecule has 0 saturated heterocycles. The standard InChI is InChI=1S/C56H36NOPS/c58-59(40-18-6-2-7-19-40,41-20-8-3-9-21-41)42-31-28-37(29-32-42)39-30-33-45-46-35-51-54(36-47(46)55(57-52(45)34-39)38-16-4-1-5-17-38)60-53-27-15-14-26-50(53)56(51)48-24-12-10-22-43(48)44-23-11-13-25-49(44)56/h1-36H. The SMILES string of the molecule is O=P(c1ccccc1)(c1ccccc1)c1ccc(-c2ccc3c(c2)nc(-c2ccccc2)c2cc4c(cc23)C2(c3ccccc3S4)c3ccccc3-c3ccccc32)cc1. The molecular weight excluding hydrogens is 766 g/mol. The summed E-state index contributed by atoms with van der Waals surface area (Å²) in [6.45, 7) is 0. The van der Waals surface area contributed by atoms with Gasteiger partial charge in [0.05, 0.1) is 16.6 Å². The molecule has 1 spiro atoms. The third-order valence-corrected chi connectivity index (χ3v) is 16.8. The molecule has 1 aliphatic heterocycles. The summed E-state index contributed by atoms with van der Waals surface area (Å²) in [5.41, 5.74) is 12.5. The molecule has 1 aromatic heterocycles. The van der Waals surface area contributed by atoms with Crippen LogP contribution in [0.15, 0.2) is 228 Å². The third kappa shape index (κ3) is 5.10. The molecule has 2 nitrogen and oxygen atoms in total. The van der Waals surface area contributed by atoms with Crippen LogP contribution in [0.25, 0.3) is 55.2 Å². The van der Waals surface area contributed by atoms with Gasteiger partial charge >= 0.3 is 0 Å². The van der Waals surface area contributed by atoms with Gasteiger partial charge in [-0.3, -0.25) is 0 Å². The van der Waals surface area contributed by atoms with Crippen molar-refractivity contribution in [2.75, 3.05) is 0 Å². The molecule has 0 N–H and O–H groups in total. The fourth-order valence-corrected chi connectivity index (χ4v) is 13.8. The van der Waals surface area contributed by atoms with Gasteiger partial charge < -0.3 is 4.57 Å². The van der Waals surface area contributed by atoms with E-state index in [2.05, 4.69) is 146 Å². The molecule has 4 heteroatoms. The Balaban J connectivity index is 1.07. The van der Waals surface area contributed by atoms with Crippen LogP contribution in [0, 0.1) is 0 Å². The molecule has 9 aromatic carbocycles. The summed E-state index contributed by atoms with van der Waals surface area (Å²) >= 11 is 1.87. The van der Waals surface area contributed by atoms with Gasteiger partial charge in [0.2, 0.25) is 0 Å². The van der Waals surface area contributed by atoms with Crippen LogP contribution in [0.5, 0.6) is 0 Å². The number of hydrogen-bond donors (Lipinski definition) is 0. The third-order valence-electron chi connectivity index (χ3n) is 12.6. The molecule has 282 valence electrons. The molecular formula is C56H36NOPS. The summed E-state index contributed by atoms with van der Waals surface area (Å²) in [5.74, 6) is 0. The summed E-state index contributed by atoms with van der Waals surface area (Å²) in [5, 5.41) is 5.91. The monoisotopic (exact) mass is 801 g/mol. The molecule has 60 heavy (non-hydrogen) atoms. The van der Waals surface area contributed by atoms with Crippen molar-refractivity contribution in [1.82, 2.24) is 4.98 Å². The largest absolute Gasteiger partial charge is 0.309 e. The van der Waals surface area contributed by atoms with Crippen molar-refractivity contribution in [3.63, 3.8) is 0 Å². The van der Waals surface area contributed by atoms with Crippen LogP contribution in [0.2, 0.25) is 0 Å². The van der Waals surface area contributed by atoms with E-state index in [4.69, 9.17) is 4.98 Å². The number of hydrogen-bond acceptors (Lipinski definition) is 3. The maximum Gasteiger partial charge on any atom is 0.171 e. The topological polar surface area (TPSA) is 30.0 Å². The fourth-order valence-electron chi connectivity index (χ4n) is 9.94. The molecule has 0 bridgehead atoms. The predicted octanol–water partition coefficient (Wildman–Crippen LogP) is 13.2. The van der Waals surface area contributed by atoms with Gasteiger partial charge in [0.25, 0.3) is 0 Å². The molecule has 2 heterocycles. The first-order valence-electron chi connectivity index (χ1n) is 20.4. The van der Waals surface area contributed by atoms with Crippen molar-refractivity contribution in [3.05, 3.63) is 241 Å². The average molecular weight is 802 g/mol. The summed E-state index contributed by atoms with van der Waals surface area (Å²) in [6.07, 6.45) is 0. The Kier molecular flexibility index (Phi) is 8.00. The molecule has 0 amide bonds. The van der Waals surface area contributed by atoms with E-state index in [1.54, 1.807) is 0 Å². The van der Waals surface area contributed by atoms with E-state index in [0.717, 1.165) is 54.6 Å². The highest BCUT2D eigenvalue weighted by Crippen LogP contribution is 2.62. The van der Waals surface area contributed by atoms with E-state index in [9.17, 15) is 0 Å². The molecule has 0 atom stereocenters. The highest BCUT2D eigenvalue weighted by molar-refractivity contribution is 7.99. The van der Waals surface area contributed by atoms with E-state index >= 15 is 4.57 Å². The molecule has 0 radical (unpaired) electrons.